The van der Waals surface area contributed by atoms with Gasteiger partial charge in [-0.1, -0.05) is 12.1 Å². The molecule has 5 nitrogen and oxygen atoms in total. The summed E-state index contributed by atoms with van der Waals surface area (Å²) < 4.78 is 24.7. The molecule has 2 aliphatic heterocycles. The maximum Gasteiger partial charge on any atom is 0.187 e. The summed E-state index contributed by atoms with van der Waals surface area (Å²) in [5.41, 5.74) is 1.88. The van der Waals surface area contributed by atoms with Gasteiger partial charge in [0.15, 0.2) is 23.0 Å². The van der Waals surface area contributed by atoms with E-state index in [9.17, 15) is 0 Å². The summed E-state index contributed by atoms with van der Waals surface area (Å²) >= 11 is 10.3. The van der Waals surface area contributed by atoms with Crippen LogP contribution in [-0.2, 0) is 0 Å². The molecule has 0 saturated carbocycles. The average molecular weight is 569 g/mol. The number of thiophene rings is 2. The molecule has 0 saturated heterocycles. The van der Waals surface area contributed by atoms with Crippen molar-refractivity contribution < 1.29 is 18.9 Å². The molecule has 0 aliphatic carbocycles. The molecule has 0 spiro atoms. The van der Waals surface area contributed by atoms with Crippen molar-refractivity contribution in [3.8, 4) is 23.0 Å². The van der Waals surface area contributed by atoms with Gasteiger partial charge in [-0.25, -0.2) is 0 Å². The number of aromatic nitrogens is 1. The van der Waals surface area contributed by atoms with Crippen molar-refractivity contribution in [2.75, 3.05) is 26.4 Å². The van der Waals surface area contributed by atoms with E-state index in [1.807, 2.05) is 42.6 Å². The van der Waals surface area contributed by atoms with E-state index in [-0.39, 0.29) is 0 Å². The van der Waals surface area contributed by atoms with Crippen molar-refractivity contribution in [3.05, 3.63) is 46.9 Å². The van der Waals surface area contributed by atoms with E-state index < -0.39 is 0 Å². The van der Waals surface area contributed by atoms with Gasteiger partial charge in [0, 0.05) is 6.20 Å². The summed E-state index contributed by atoms with van der Waals surface area (Å²) in [4.78, 5) is 6.57. The molecule has 9 heteroatoms. The lowest BCUT2D eigenvalue weighted by molar-refractivity contribution is 0.172. The van der Waals surface area contributed by atoms with Crippen LogP contribution in [-0.4, -0.2) is 31.4 Å². The molecule has 0 unspecified atom stereocenters. The van der Waals surface area contributed by atoms with Gasteiger partial charge in [0.2, 0.25) is 0 Å². The lowest BCUT2D eigenvalue weighted by Crippen LogP contribution is -2.14. The summed E-state index contributed by atoms with van der Waals surface area (Å²) in [6, 6.07) is 4.02. The molecule has 0 radical (unpaired) electrons. The summed E-state index contributed by atoms with van der Waals surface area (Å²) in [6.07, 6.45) is 9.88. The fourth-order valence-corrected chi connectivity index (χ4v) is 6.31. The van der Waals surface area contributed by atoms with Gasteiger partial charge in [-0.3, -0.25) is 4.98 Å². The van der Waals surface area contributed by atoms with Gasteiger partial charge in [0.05, 0.1) is 15.4 Å². The Morgan fingerprint density at radius 2 is 1.23 bits per heavy atom. The van der Waals surface area contributed by atoms with E-state index in [0.29, 0.717) is 26.4 Å². The summed E-state index contributed by atoms with van der Waals surface area (Å²) in [7, 11) is 0. The van der Waals surface area contributed by atoms with Gasteiger partial charge in [0.1, 0.15) is 34.0 Å². The number of rotatable bonds is 4. The van der Waals surface area contributed by atoms with Gasteiger partial charge in [-0.2, -0.15) is 0 Å². The molecule has 3 aromatic rings. The standard InChI is InChI=1S/C21H15Br2NO4S2/c22-20-18-16(25-7-9-27-18)14(29-20)5-2-12-1-3-13(24-11-12)4-6-15-17-19(21(23)30-15)28-10-8-26-17/h1-6,11H,7-10H2/b5-2+,6-4+. The molecule has 0 fully saturated rings. The highest BCUT2D eigenvalue weighted by molar-refractivity contribution is 9.11. The van der Waals surface area contributed by atoms with E-state index in [4.69, 9.17) is 18.9 Å². The number of halogens is 2. The Morgan fingerprint density at radius 3 is 1.77 bits per heavy atom. The third-order valence-corrected chi connectivity index (χ3v) is 7.91. The Kier molecular flexibility index (Phi) is 5.86. The molecule has 3 aromatic heterocycles. The minimum Gasteiger partial charge on any atom is -0.485 e. The molecule has 5 rings (SSSR count). The normalized spacial score (nSPS) is 15.3. The molecule has 30 heavy (non-hydrogen) atoms. The second-order valence-electron chi connectivity index (χ2n) is 6.37. The van der Waals surface area contributed by atoms with Gasteiger partial charge >= 0.3 is 0 Å². The molecule has 0 atom stereocenters. The number of pyridine rings is 1. The zero-order valence-electron chi connectivity index (χ0n) is 15.5. The number of fused-ring (bicyclic) bond motifs is 2. The molecule has 0 amide bonds. The van der Waals surface area contributed by atoms with Crippen molar-refractivity contribution >= 4 is 78.8 Å². The van der Waals surface area contributed by atoms with Crippen LogP contribution in [0.3, 0.4) is 0 Å². The van der Waals surface area contributed by atoms with Gasteiger partial charge in [-0.15, -0.1) is 22.7 Å². The predicted octanol–water partition coefficient (Wildman–Crippen LogP) is 6.61. The van der Waals surface area contributed by atoms with E-state index in [2.05, 4.69) is 36.8 Å². The summed E-state index contributed by atoms with van der Waals surface area (Å²) in [5, 5.41) is 0. The van der Waals surface area contributed by atoms with Crippen LogP contribution < -0.4 is 18.9 Å². The van der Waals surface area contributed by atoms with E-state index in [0.717, 1.165) is 51.6 Å². The third kappa shape index (κ3) is 4.03. The van der Waals surface area contributed by atoms with Crippen molar-refractivity contribution in [3.63, 3.8) is 0 Å². The topological polar surface area (TPSA) is 49.8 Å². The highest BCUT2D eigenvalue weighted by Crippen LogP contribution is 2.48. The van der Waals surface area contributed by atoms with Gasteiger partial charge < -0.3 is 18.9 Å². The van der Waals surface area contributed by atoms with Crippen molar-refractivity contribution in [1.29, 1.82) is 0 Å². The van der Waals surface area contributed by atoms with Crippen LogP contribution in [0.5, 0.6) is 23.0 Å². The SMILES string of the molecule is Brc1sc(/C=C/c2ccc(/C=C/c3sc(Br)c4c3OCCO4)nc2)c2c1OCCO2. The van der Waals surface area contributed by atoms with Crippen LogP contribution in [0.1, 0.15) is 21.0 Å². The van der Waals surface area contributed by atoms with E-state index >= 15 is 0 Å². The summed E-state index contributed by atoms with van der Waals surface area (Å²) in [5.74, 6) is 3.18. The first kappa shape index (κ1) is 20.1. The fourth-order valence-electron chi connectivity index (χ4n) is 3.04. The Balaban J connectivity index is 1.31. The summed E-state index contributed by atoms with van der Waals surface area (Å²) in [6.45, 7) is 2.29. The monoisotopic (exact) mass is 567 g/mol. The first-order chi connectivity index (χ1) is 14.7. The molecule has 5 heterocycles. The quantitative estimate of drug-likeness (QED) is 0.354. The fraction of sp³-hybridized carbons (Fsp3) is 0.190. The Morgan fingerprint density at radius 1 is 0.700 bits per heavy atom. The average Bonchev–Trinajstić information content (AvgIpc) is 3.28. The zero-order valence-corrected chi connectivity index (χ0v) is 20.3. The maximum atomic E-state index is 5.76. The largest absolute Gasteiger partial charge is 0.485 e. The van der Waals surface area contributed by atoms with Crippen LogP contribution in [0.25, 0.3) is 24.3 Å². The molecule has 0 bridgehead atoms. The minimum atomic E-state index is 0.567. The van der Waals surface area contributed by atoms with Crippen molar-refractivity contribution in [1.82, 2.24) is 4.98 Å². The van der Waals surface area contributed by atoms with Crippen LogP contribution in [0, 0.1) is 0 Å². The first-order valence-corrected chi connectivity index (χ1v) is 12.4. The van der Waals surface area contributed by atoms with Crippen LogP contribution in [0.4, 0.5) is 0 Å². The van der Waals surface area contributed by atoms with Crippen LogP contribution in [0.2, 0.25) is 0 Å². The second-order valence-corrected chi connectivity index (χ2v) is 11.1. The lowest BCUT2D eigenvalue weighted by Gasteiger charge is -2.15. The third-order valence-electron chi connectivity index (χ3n) is 4.41. The van der Waals surface area contributed by atoms with Gasteiger partial charge in [-0.05, 0) is 61.7 Å². The smallest absolute Gasteiger partial charge is 0.187 e. The maximum absolute atomic E-state index is 5.76. The minimum absolute atomic E-state index is 0.567. The highest BCUT2D eigenvalue weighted by Gasteiger charge is 2.22. The Labute approximate surface area is 198 Å². The van der Waals surface area contributed by atoms with Crippen LogP contribution >= 0.6 is 54.5 Å². The molecule has 2 aliphatic rings. The van der Waals surface area contributed by atoms with Crippen molar-refractivity contribution in [2.45, 2.75) is 0 Å². The lowest BCUT2D eigenvalue weighted by atomic mass is 10.2. The number of hydrogen-bond donors (Lipinski definition) is 0. The first-order valence-electron chi connectivity index (χ1n) is 9.17. The number of ether oxygens (including phenoxy) is 4. The predicted molar refractivity (Wildman–Crippen MR) is 128 cm³/mol. The van der Waals surface area contributed by atoms with E-state index in [1.54, 1.807) is 22.7 Å². The van der Waals surface area contributed by atoms with Crippen LogP contribution in [0.15, 0.2) is 25.9 Å². The molecular weight excluding hydrogens is 554 g/mol. The van der Waals surface area contributed by atoms with Gasteiger partial charge in [0.25, 0.3) is 0 Å². The molecular formula is C21H15Br2NO4S2. The Bertz CT molecular complexity index is 1050. The number of hydrogen-bond acceptors (Lipinski definition) is 7. The Hall–Kier alpha value is -1.81. The highest BCUT2D eigenvalue weighted by atomic mass is 79.9. The molecule has 154 valence electrons. The number of nitrogens with zero attached hydrogens (tertiary/aromatic N) is 1. The molecule has 0 N–H and O–H groups in total. The van der Waals surface area contributed by atoms with E-state index in [1.165, 1.54) is 0 Å². The second kappa shape index (κ2) is 8.74. The van der Waals surface area contributed by atoms with Crippen molar-refractivity contribution in [2.24, 2.45) is 0 Å². The zero-order chi connectivity index (χ0) is 20.5. The molecule has 0 aromatic carbocycles.